The molecule has 0 bridgehead atoms. The molecule has 3 nitrogen and oxygen atoms in total. The molecule has 0 aliphatic carbocycles. The normalized spacial score (nSPS) is 11.5. The number of benzene rings is 1. The van der Waals surface area contributed by atoms with E-state index in [1.807, 2.05) is 0 Å². The first-order chi connectivity index (χ1) is 8.37. The van der Waals surface area contributed by atoms with Gasteiger partial charge in [0.25, 0.3) is 0 Å². The monoisotopic (exact) mass is 298 g/mol. The van der Waals surface area contributed by atoms with Crippen molar-refractivity contribution in [1.82, 2.24) is 0 Å². The average molecular weight is 299 g/mol. The molecule has 0 fully saturated rings. The van der Waals surface area contributed by atoms with Crippen LogP contribution < -0.4 is 4.74 Å². The van der Waals surface area contributed by atoms with E-state index in [2.05, 4.69) is 0 Å². The van der Waals surface area contributed by atoms with E-state index in [9.17, 15) is 17.2 Å². The number of unbranched alkanes of at least 4 members (excludes halogenated alkanes) is 2. The number of hydrogen-bond donors (Lipinski definition) is 0. The molecular formula is C11H13ClF2O3S. The Hall–Kier alpha value is -0.880. The van der Waals surface area contributed by atoms with Crippen LogP contribution in [0.1, 0.15) is 19.3 Å². The summed E-state index contributed by atoms with van der Waals surface area (Å²) in [5, 5.41) is 0. The summed E-state index contributed by atoms with van der Waals surface area (Å²) in [5.41, 5.74) is 0. The van der Waals surface area contributed by atoms with Gasteiger partial charge in [-0.3, -0.25) is 0 Å². The fourth-order valence-electron chi connectivity index (χ4n) is 1.36. The molecule has 0 heterocycles. The zero-order valence-corrected chi connectivity index (χ0v) is 11.1. The van der Waals surface area contributed by atoms with Gasteiger partial charge in [0.15, 0.2) is 0 Å². The minimum atomic E-state index is -3.44. The zero-order valence-electron chi connectivity index (χ0n) is 9.53. The van der Waals surface area contributed by atoms with Crippen LogP contribution in [-0.4, -0.2) is 20.8 Å². The van der Waals surface area contributed by atoms with E-state index >= 15 is 0 Å². The van der Waals surface area contributed by atoms with Gasteiger partial charge in [-0.05, 0) is 19.3 Å². The van der Waals surface area contributed by atoms with Crippen LogP contribution in [0.2, 0.25) is 0 Å². The quantitative estimate of drug-likeness (QED) is 0.574. The average Bonchev–Trinajstić information content (AvgIpc) is 2.20. The van der Waals surface area contributed by atoms with Crippen molar-refractivity contribution in [2.24, 2.45) is 0 Å². The van der Waals surface area contributed by atoms with Crippen LogP contribution in [0, 0.1) is 11.6 Å². The number of hydrogen-bond acceptors (Lipinski definition) is 3. The van der Waals surface area contributed by atoms with Crippen LogP contribution in [0.4, 0.5) is 8.78 Å². The van der Waals surface area contributed by atoms with Crippen molar-refractivity contribution in [1.29, 1.82) is 0 Å². The molecular weight excluding hydrogens is 286 g/mol. The summed E-state index contributed by atoms with van der Waals surface area (Å²) in [6.07, 6.45) is 1.64. The van der Waals surface area contributed by atoms with E-state index in [1.54, 1.807) is 0 Å². The van der Waals surface area contributed by atoms with Crippen molar-refractivity contribution in [2.45, 2.75) is 19.3 Å². The molecule has 102 valence electrons. The van der Waals surface area contributed by atoms with Gasteiger partial charge in [0.1, 0.15) is 17.4 Å². The van der Waals surface area contributed by atoms with Gasteiger partial charge < -0.3 is 4.74 Å². The minimum absolute atomic E-state index is 0.0802. The Morgan fingerprint density at radius 2 is 1.67 bits per heavy atom. The topological polar surface area (TPSA) is 43.4 Å². The van der Waals surface area contributed by atoms with Crippen LogP contribution in [-0.2, 0) is 9.05 Å². The third-order valence-corrected chi connectivity index (χ3v) is 3.38. The van der Waals surface area contributed by atoms with Crippen molar-refractivity contribution in [3.63, 3.8) is 0 Å². The van der Waals surface area contributed by atoms with Crippen molar-refractivity contribution in [3.05, 3.63) is 29.8 Å². The molecule has 1 aromatic carbocycles. The van der Waals surface area contributed by atoms with Crippen molar-refractivity contribution in [2.75, 3.05) is 12.4 Å². The van der Waals surface area contributed by atoms with Gasteiger partial charge in [0, 0.05) is 28.9 Å². The van der Waals surface area contributed by atoms with Gasteiger partial charge in [-0.25, -0.2) is 17.2 Å². The SMILES string of the molecule is O=S(=O)(Cl)CCCCCOc1cc(F)cc(F)c1. The summed E-state index contributed by atoms with van der Waals surface area (Å²) in [5.74, 6) is -1.35. The second-order valence-corrected chi connectivity index (χ2v) is 6.65. The molecule has 0 saturated carbocycles. The Morgan fingerprint density at radius 1 is 1.06 bits per heavy atom. The van der Waals surface area contributed by atoms with Crippen LogP contribution in [0.25, 0.3) is 0 Å². The Morgan fingerprint density at radius 3 is 2.22 bits per heavy atom. The lowest BCUT2D eigenvalue weighted by Gasteiger charge is -2.06. The molecule has 1 rings (SSSR count). The number of ether oxygens (including phenoxy) is 1. The van der Waals surface area contributed by atoms with E-state index in [0.717, 1.165) is 18.2 Å². The molecule has 7 heteroatoms. The Kier molecular flexibility index (Phi) is 5.81. The van der Waals surface area contributed by atoms with Gasteiger partial charge in [-0.1, -0.05) is 0 Å². The zero-order chi connectivity index (χ0) is 13.6. The Labute approximate surface area is 109 Å². The summed E-state index contributed by atoms with van der Waals surface area (Å²) in [6, 6.07) is 2.94. The second-order valence-electron chi connectivity index (χ2n) is 3.76. The molecule has 0 aromatic heterocycles. The van der Waals surface area contributed by atoms with Gasteiger partial charge in [-0.15, -0.1) is 0 Å². The smallest absolute Gasteiger partial charge is 0.232 e. The summed E-state index contributed by atoms with van der Waals surface area (Å²) in [6.45, 7) is 0.269. The van der Waals surface area contributed by atoms with E-state index < -0.39 is 20.7 Å². The standard InChI is InChI=1S/C11H13ClF2O3S/c12-18(15,16)5-3-1-2-4-17-11-7-9(13)6-10(14)8-11/h6-8H,1-5H2. The van der Waals surface area contributed by atoms with E-state index in [-0.39, 0.29) is 18.1 Å². The molecule has 0 unspecified atom stereocenters. The molecule has 0 atom stereocenters. The van der Waals surface area contributed by atoms with E-state index in [4.69, 9.17) is 15.4 Å². The first-order valence-electron chi connectivity index (χ1n) is 5.38. The summed E-state index contributed by atoms with van der Waals surface area (Å²) >= 11 is 0. The van der Waals surface area contributed by atoms with Crippen molar-refractivity contribution < 1.29 is 21.9 Å². The number of rotatable bonds is 7. The fourth-order valence-corrected chi connectivity index (χ4v) is 2.23. The first-order valence-corrected chi connectivity index (χ1v) is 7.86. The molecule has 0 amide bonds. The fraction of sp³-hybridized carbons (Fsp3) is 0.455. The predicted octanol–water partition coefficient (Wildman–Crippen LogP) is 3.08. The maximum atomic E-state index is 12.8. The van der Waals surface area contributed by atoms with Crippen LogP contribution in [0.5, 0.6) is 5.75 Å². The maximum Gasteiger partial charge on any atom is 0.232 e. The highest BCUT2D eigenvalue weighted by Gasteiger charge is 2.04. The van der Waals surface area contributed by atoms with Gasteiger partial charge in [-0.2, -0.15) is 0 Å². The molecule has 0 saturated heterocycles. The molecule has 0 aliphatic heterocycles. The summed E-state index contributed by atoms with van der Waals surface area (Å²) in [4.78, 5) is 0. The molecule has 18 heavy (non-hydrogen) atoms. The minimum Gasteiger partial charge on any atom is -0.493 e. The van der Waals surface area contributed by atoms with Gasteiger partial charge >= 0.3 is 0 Å². The molecule has 0 N–H and O–H groups in total. The van der Waals surface area contributed by atoms with E-state index in [1.165, 1.54) is 0 Å². The molecule has 0 spiro atoms. The van der Waals surface area contributed by atoms with Crippen LogP contribution in [0.15, 0.2) is 18.2 Å². The Bertz CT molecular complexity index is 471. The van der Waals surface area contributed by atoms with Crippen molar-refractivity contribution in [3.8, 4) is 5.75 Å². The largest absolute Gasteiger partial charge is 0.493 e. The van der Waals surface area contributed by atoms with Crippen LogP contribution >= 0.6 is 10.7 Å². The lowest BCUT2D eigenvalue weighted by Crippen LogP contribution is -2.01. The van der Waals surface area contributed by atoms with Gasteiger partial charge in [0.05, 0.1) is 12.4 Å². The lowest BCUT2D eigenvalue weighted by atomic mass is 10.2. The summed E-state index contributed by atoms with van der Waals surface area (Å²) in [7, 11) is 1.59. The highest BCUT2D eigenvalue weighted by Crippen LogP contribution is 2.15. The highest BCUT2D eigenvalue weighted by molar-refractivity contribution is 8.13. The first kappa shape index (κ1) is 15.2. The maximum absolute atomic E-state index is 12.8. The molecule has 1 aromatic rings. The van der Waals surface area contributed by atoms with E-state index in [0.29, 0.717) is 19.3 Å². The second kappa shape index (κ2) is 6.89. The molecule has 0 aliphatic rings. The Balaban J connectivity index is 2.22. The summed E-state index contributed by atoms with van der Waals surface area (Å²) < 4.78 is 51.9. The third kappa shape index (κ3) is 6.76. The number of halogens is 3. The predicted molar refractivity (Wildman–Crippen MR) is 65.3 cm³/mol. The third-order valence-electron chi connectivity index (χ3n) is 2.14. The van der Waals surface area contributed by atoms with Crippen molar-refractivity contribution >= 4 is 19.7 Å². The highest BCUT2D eigenvalue weighted by atomic mass is 35.7. The lowest BCUT2D eigenvalue weighted by molar-refractivity contribution is 0.303. The molecule has 0 radical (unpaired) electrons. The van der Waals surface area contributed by atoms with Crippen LogP contribution in [0.3, 0.4) is 0 Å². The van der Waals surface area contributed by atoms with Gasteiger partial charge in [0.2, 0.25) is 9.05 Å².